The fourth-order valence-electron chi connectivity index (χ4n) is 0.711. The van der Waals surface area contributed by atoms with E-state index in [1.54, 1.807) is 33.5 Å². The zero-order valence-corrected chi connectivity index (χ0v) is 8.53. The van der Waals surface area contributed by atoms with Crippen molar-refractivity contribution in [2.75, 3.05) is 21.3 Å². The number of rotatable bonds is 5. The summed E-state index contributed by atoms with van der Waals surface area (Å²) in [7, 11) is 4.78. The first-order valence-electron chi connectivity index (χ1n) is 3.93. The lowest BCUT2D eigenvalue weighted by Crippen LogP contribution is -1.87. The molecule has 74 valence electrons. The number of hydrogen-bond donors (Lipinski definition) is 0. The van der Waals surface area contributed by atoms with Crippen molar-refractivity contribution < 1.29 is 14.2 Å². The third kappa shape index (κ3) is 4.95. The molecule has 0 spiro atoms. The smallest absolute Gasteiger partial charge is 0.125 e. The molecule has 3 nitrogen and oxygen atoms in total. The van der Waals surface area contributed by atoms with Gasteiger partial charge in [0.2, 0.25) is 0 Å². The molecule has 0 fully saturated rings. The standard InChI is InChI=1S/C10H16O3/c1-5-9(12-3)8-10(13-4)6-7-11-2/h5-8H,1-4H3/b7-6+,9-5+,10-8+. The van der Waals surface area contributed by atoms with E-state index < -0.39 is 0 Å². The molecule has 0 unspecified atom stereocenters. The third-order valence-corrected chi connectivity index (χ3v) is 1.41. The van der Waals surface area contributed by atoms with Crippen molar-refractivity contribution in [3.63, 3.8) is 0 Å². The van der Waals surface area contributed by atoms with Gasteiger partial charge in [0.05, 0.1) is 27.6 Å². The highest BCUT2D eigenvalue weighted by Crippen LogP contribution is 2.05. The second-order valence-corrected chi connectivity index (χ2v) is 2.18. The minimum absolute atomic E-state index is 0.678. The maximum atomic E-state index is 5.06. The Morgan fingerprint density at radius 3 is 2.00 bits per heavy atom. The van der Waals surface area contributed by atoms with E-state index in [4.69, 9.17) is 14.2 Å². The van der Waals surface area contributed by atoms with Gasteiger partial charge in [-0.2, -0.15) is 0 Å². The van der Waals surface area contributed by atoms with Gasteiger partial charge < -0.3 is 14.2 Å². The summed E-state index contributed by atoms with van der Waals surface area (Å²) in [6, 6.07) is 0. The zero-order chi connectivity index (χ0) is 10.1. The van der Waals surface area contributed by atoms with Crippen LogP contribution in [0.15, 0.2) is 36.0 Å². The Hall–Kier alpha value is -1.38. The first kappa shape index (κ1) is 11.6. The molecule has 0 bridgehead atoms. The molecule has 3 heteroatoms. The van der Waals surface area contributed by atoms with Crippen molar-refractivity contribution in [1.82, 2.24) is 0 Å². The Kier molecular flexibility index (Phi) is 6.51. The summed E-state index contributed by atoms with van der Waals surface area (Å²) >= 11 is 0. The Bertz CT molecular complexity index is 214. The summed E-state index contributed by atoms with van der Waals surface area (Å²) in [5.41, 5.74) is 0. The summed E-state index contributed by atoms with van der Waals surface area (Å²) in [6.07, 6.45) is 6.87. The molecule has 0 aliphatic heterocycles. The molecule has 0 N–H and O–H groups in total. The lowest BCUT2D eigenvalue weighted by molar-refractivity contribution is 0.281. The minimum Gasteiger partial charge on any atom is -0.504 e. The van der Waals surface area contributed by atoms with Crippen molar-refractivity contribution in [2.45, 2.75) is 6.92 Å². The van der Waals surface area contributed by atoms with Crippen molar-refractivity contribution in [1.29, 1.82) is 0 Å². The van der Waals surface area contributed by atoms with Gasteiger partial charge in [0.25, 0.3) is 0 Å². The molecule has 0 aromatic rings. The molecule has 0 radical (unpaired) electrons. The van der Waals surface area contributed by atoms with E-state index in [-0.39, 0.29) is 0 Å². The first-order valence-corrected chi connectivity index (χ1v) is 3.93. The lowest BCUT2D eigenvalue weighted by Gasteiger charge is -2.02. The van der Waals surface area contributed by atoms with Crippen molar-refractivity contribution in [3.8, 4) is 0 Å². The molecule has 0 atom stereocenters. The molecule has 0 aliphatic carbocycles. The van der Waals surface area contributed by atoms with Crippen molar-refractivity contribution in [2.24, 2.45) is 0 Å². The van der Waals surface area contributed by atoms with Crippen LogP contribution in [-0.2, 0) is 14.2 Å². The van der Waals surface area contributed by atoms with Crippen LogP contribution in [0.4, 0.5) is 0 Å². The average Bonchev–Trinajstić information content (AvgIpc) is 2.19. The Morgan fingerprint density at radius 1 is 1.00 bits per heavy atom. The number of methoxy groups -OCH3 is 3. The normalized spacial score (nSPS) is 13.2. The molecule has 0 aromatic carbocycles. The van der Waals surface area contributed by atoms with Gasteiger partial charge in [0.1, 0.15) is 11.5 Å². The van der Waals surface area contributed by atoms with E-state index in [0.29, 0.717) is 5.76 Å². The largest absolute Gasteiger partial charge is 0.504 e. The van der Waals surface area contributed by atoms with Crippen LogP contribution >= 0.6 is 0 Å². The fourth-order valence-corrected chi connectivity index (χ4v) is 0.711. The van der Waals surface area contributed by atoms with Gasteiger partial charge in [0, 0.05) is 12.2 Å². The average molecular weight is 184 g/mol. The second kappa shape index (κ2) is 7.28. The SMILES string of the molecule is C\C=C(/C=C(\C=C\OC)OC)OC. The Labute approximate surface area is 79.3 Å². The summed E-state index contributed by atoms with van der Waals surface area (Å²) in [5, 5.41) is 0. The van der Waals surface area contributed by atoms with Gasteiger partial charge in [-0.05, 0) is 13.0 Å². The molecule has 13 heavy (non-hydrogen) atoms. The predicted molar refractivity (Wildman–Crippen MR) is 52.0 cm³/mol. The van der Waals surface area contributed by atoms with Gasteiger partial charge in [0.15, 0.2) is 0 Å². The number of ether oxygens (including phenoxy) is 3. The molecule has 0 saturated heterocycles. The predicted octanol–water partition coefficient (Wildman–Crippen LogP) is 2.23. The molecular formula is C10H16O3. The van der Waals surface area contributed by atoms with E-state index in [9.17, 15) is 0 Å². The van der Waals surface area contributed by atoms with E-state index in [1.807, 2.05) is 13.0 Å². The summed E-state index contributed by atoms with van der Waals surface area (Å²) < 4.78 is 14.9. The van der Waals surface area contributed by atoms with E-state index >= 15 is 0 Å². The van der Waals surface area contributed by atoms with Crippen LogP contribution in [0.3, 0.4) is 0 Å². The summed E-state index contributed by atoms with van der Waals surface area (Å²) in [5.74, 6) is 1.43. The quantitative estimate of drug-likeness (QED) is 0.484. The van der Waals surface area contributed by atoms with Gasteiger partial charge in [-0.3, -0.25) is 0 Å². The number of allylic oxidation sites excluding steroid dienone is 3. The van der Waals surface area contributed by atoms with Gasteiger partial charge in [-0.1, -0.05) is 0 Å². The van der Waals surface area contributed by atoms with E-state index in [0.717, 1.165) is 5.76 Å². The van der Waals surface area contributed by atoms with Gasteiger partial charge >= 0.3 is 0 Å². The molecule has 0 aromatic heterocycles. The van der Waals surface area contributed by atoms with Crippen LogP contribution in [0.5, 0.6) is 0 Å². The minimum atomic E-state index is 0.678. The summed E-state index contributed by atoms with van der Waals surface area (Å²) in [6.45, 7) is 1.89. The third-order valence-electron chi connectivity index (χ3n) is 1.41. The van der Waals surface area contributed by atoms with Crippen molar-refractivity contribution in [3.05, 3.63) is 36.0 Å². The highest BCUT2D eigenvalue weighted by atomic mass is 16.5. The Balaban J connectivity index is 4.45. The maximum absolute atomic E-state index is 5.06. The monoisotopic (exact) mass is 184 g/mol. The van der Waals surface area contributed by atoms with E-state index in [2.05, 4.69) is 0 Å². The fraction of sp³-hybridized carbons (Fsp3) is 0.400. The van der Waals surface area contributed by atoms with Crippen LogP contribution < -0.4 is 0 Å². The molecular weight excluding hydrogens is 168 g/mol. The van der Waals surface area contributed by atoms with Crippen LogP contribution in [-0.4, -0.2) is 21.3 Å². The molecule has 0 heterocycles. The second-order valence-electron chi connectivity index (χ2n) is 2.18. The van der Waals surface area contributed by atoms with Crippen LogP contribution in [0.25, 0.3) is 0 Å². The molecule has 0 saturated carbocycles. The Morgan fingerprint density at radius 2 is 1.62 bits per heavy atom. The van der Waals surface area contributed by atoms with Crippen LogP contribution in [0, 0.1) is 0 Å². The molecule has 0 amide bonds. The molecule has 0 aliphatic rings. The highest BCUT2D eigenvalue weighted by molar-refractivity contribution is 5.21. The maximum Gasteiger partial charge on any atom is 0.125 e. The van der Waals surface area contributed by atoms with Crippen LogP contribution in [0.2, 0.25) is 0 Å². The topological polar surface area (TPSA) is 27.7 Å². The highest BCUT2D eigenvalue weighted by Gasteiger charge is 1.93. The van der Waals surface area contributed by atoms with Gasteiger partial charge in [-0.15, -0.1) is 0 Å². The first-order chi connectivity index (χ1) is 6.28. The van der Waals surface area contributed by atoms with Crippen molar-refractivity contribution >= 4 is 0 Å². The van der Waals surface area contributed by atoms with Crippen LogP contribution in [0.1, 0.15) is 6.92 Å². The summed E-state index contributed by atoms with van der Waals surface area (Å²) in [4.78, 5) is 0. The zero-order valence-electron chi connectivity index (χ0n) is 8.53. The molecule has 0 rings (SSSR count). The van der Waals surface area contributed by atoms with Gasteiger partial charge in [-0.25, -0.2) is 0 Å². The lowest BCUT2D eigenvalue weighted by atomic mass is 10.3. The van der Waals surface area contributed by atoms with E-state index in [1.165, 1.54) is 6.26 Å². The number of hydrogen-bond acceptors (Lipinski definition) is 3.